The van der Waals surface area contributed by atoms with Crippen molar-refractivity contribution in [1.29, 1.82) is 0 Å². The highest BCUT2D eigenvalue weighted by molar-refractivity contribution is 9.11. The van der Waals surface area contributed by atoms with Crippen LogP contribution in [0.4, 0.5) is 0 Å². The van der Waals surface area contributed by atoms with E-state index in [1.807, 2.05) is 13.8 Å². The van der Waals surface area contributed by atoms with E-state index in [1.165, 1.54) is 9.75 Å². The first-order valence-corrected chi connectivity index (χ1v) is 7.79. The average molecular weight is 331 g/mol. The molecule has 0 spiro atoms. The second-order valence-corrected chi connectivity index (χ2v) is 8.34. The zero-order valence-electron chi connectivity index (χ0n) is 10.1. The Morgan fingerprint density at radius 3 is 2.59 bits per heavy atom. The summed E-state index contributed by atoms with van der Waals surface area (Å²) in [7, 11) is 0. The SMILES string of the molecule is Cc1nc(-c2ccc(Br)s2)sc1CC(C)(C)N. The van der Waals surface area contributed by atoms with Gasteiger partial charge in [-0.2, -0.15) is 0 Å². The van der Waals surface area contributed by atoms with Gasteiger partial charge in [0.15, 0.2) is 0 Å². The molecule has 0 unspecified atom stereocenters. The molecule has 0 amide bonds. The molecular weight excluding hydrogens is 316 g/mol. The molecule has 0 aliphatic heterocycles. The first kappa shape index (κ1) is 13.2. The molecule has 2 aromatic rings. The highest BCUT2D eigenvalue weighted by Crippen LogP contribution is 2.35. The Morgan fingerprint density at radius 1 is 1.35 bits per heavy atom. The minimum atomic E-state index is -0.176. The number of thiazole rings is 1. The standard InChI is InChI=1S/C12H15BrN2S2/c1-7-9(6-12(2,3)14)17-11(15-7)8-4-5-10(13)16-8/h4-5H,6,14H2,1-3H3. The van der Waals surface area contributed by atoms with Crippen LogP contribution in [-0.2, 0) is 6.42 Å². The van der Waals surface area contributed by atoms with Gasteiger partial charge in [-0.1, -0.05) is 0 Å². The minimum absolute atomic E-state index is 0.176. The van der Waals surface area contributed by atoms with Gasteiger partial charge in [0.2, 0.25) is 0 Å². The van der Waals surface area contributed by atoms with E-state index in [9.17, 15) is 0 Å². The van der Waals surface area contributed by atoms with Crippen molar-refractivity contribution < 1.29 is 0 Å². The molecule has 0 atom stereocenters. The largest absolute Gasteiger partial charge is 0.325 e. The van der Waals surface area contributed by atoms with Gasteiger partial charge in [-0.05, 0) is 48.8 Å². The number of halogens is 1. The molecule has 2 heterocycles. The predicted molar refractivity (Wildman–Crippen MR) is 79.8 cm³/mol. The van der Waals surface area contributed by atoms with E-state index in [-0.39, 0.29) is 5.54 Å². The Morgan fingerprint density at radius 2 is 2.06 bits per heavy atom. The summed E-state index contributed by atoms with van der Waals surface area (Å²) >= 11 is 6.94. The molecule has 2 nitrogen and oxygen atoms in total. The van der Waals surface area contributed by atoms with Crippen molar-refractivity contribution >= 4 is 38.6 Å². The summed E-state index contributed by atoms with van der Waals surface area (Å²) in [4.78, 5) is 7.13. The van der Waals surface area contributed by atoms with Gasteiger partial charge >= 0.3 is 0 Å². The molecule has 0 fully saturated rings. The molecule has 92 valence electrons. The van der Waals surface area contributed by atoms with E-state index in [0.29, 0.717) is 0 Å². The van der Waals surface area contributed by atoms with Crippen LogP contribution in [0.2, 0.25) is 0 Å². The maximum absolute atomic E-state index is 6.06. The lowest BCUT2D eigenvalue weighted by Crippen LogP contribution is -2.34. The van der Waals surface area contributed by atoms with Gasteiger partial charge in [0.25, 0.3) is 0 Å². The first-order valence-electron chi connectivity index (χ1n) is 5.36. The van der Waals surface area contributed by atoms with Gasteiger partial charge in [0.05, 0.1) is 14.4 Å². The average Bonchev–Trinajstić information content (AvgIpc) is 2.72. The molecule has 0 saturated carbocycles. The van der Waals surface area contributed by atoms with Crippen molar-refractivity contribution in [2.75, 3.05) is 0 Å². The third kappa shape index (κ3) is 3.37. The van der Waals surface area contributed by atoms with Gasteiger partial charge in [-0.25, -0.2) is 4.98 Å². The lowest BCUT2D eigenvalue weighted by molar-refractivity contribution is 0.519. The summed E-state index contributed by atoms with van der Waals surface area (Å²) in [5.74, 6) is 0. The van der Waals surface area contributed by atoms with Crippen LogP contribution in [-0.4, -0.2) is 10.5 Å². The Hall–Kier alpha value is -0.230. The topological polar surface area (TPSA) is 38.9 Å². The van der Waals surface area contributed by atoms with E-state index < -0.39 is 0 Å². The first-order chi connectivity index (χ1) is 7.85. The van der Waals surface area contributed by atoms with Crippen molar-refractivity contribution in [3.63, 3.8) is 0 Å². The molecule has 0 radical (unpaired) electrons. The lowest BCUT2D eigenvalue weighted by Gasteiger charge is -2.16. The van der Waals surface area contributed by atoms with Gasteiger partial charge in [-0.3, -0.25) is 0 Å². The summed E-state index contributed by atoms with van der Waals surface area (Å²) in [6.45, 7) is 6.16. The number of hydrogen-bond donors (Lipinski definition) is 1. The Balaban J connectivity index is 2.30. The summed E-state index contributed by atoms with van der Waals surface area (Å²) in [6, 6.07) is 4.16. The molecule has 2 rings (SSSR count). The van der Waals surface area contributed by atoms with Crippen molar-refractivity contribution in [2.45, 2.75) is 32.7 Å². The molecular formula is C12H15BrN2S2. The van der Waals surface area contributed by atoms with Gasteiger partial charge in [0.1, 0.15) is 5.01 Å². The molecule has 0 aliphatic carbocycles. The molecule has 0 aromatic carbocycles. The number of nitrogens with two attached hydrogens (primary N) is 1. The van der Waals surface area contributed by atoms with Crippen LogP contribution in [0.15, 0.2) is 15.9 Å². The summed E-state index contributed by atoms with van der Waals surface area (Å²) in [5, 5.41) is 1.09. The molecule has 0 aliphatic rings. The maximum atomic E-state index is 6.06. The zero-order valence-corrected chi connectivity index (χ0v) is 13.3. The highest BCUT2D eigenvalue weighted by atomic mass is 79.9. The number of aryl methyl sites for hydroxylation is 1. The lowest BCUT2D eigenvalue weighted by atomic mass is 10.0. The molecule has 0 bridgehead atoms. The zero-order chi connectivity index (χ0) is 12.6. The fourth-order valence-corrected chi connectivity index (χ4v) is 4.28. The Kier molecular flexibility index (Phi) is 3.73. The van der Waals surface area contributed by atoms with Gasteiger partial charge in [0, 0.05) is 16.8 Å². The molecule has 0 saturated heterocycles. The highest BCUT2D eigenvalue weighted by Gasteiger charge is 2.17. The van der Waals surface area contributed by atoms with Crippen LogP contribution >= 0.6 is 38.6 Å². The van der Waals surface area contributed by atoms with Gasteiger partial charge in [-0.15, -0.1) is 22.7 Å². The van der Waals surface area contributed by atoms with Crippen molar-refractivity contribution in [3.05, 3.63) is 26.5 Å². The second kappa shape index (κ2) is 4.80. The Labute approximate surface area is 118 Å². The monoisotopic (exact) mass is 330 g/mol. The fourth-order valence-electron chi connectivity index (χ4n) is 1.54. The smallest absolute Gasteiger partial charge is 0.133 e. The van der Waals surface area contributed by atoms with E-state index in [1.54, 1.807) is 22.7 Å². The quantitative estimate of drug-likeness (QED) is 0.914. The third-order valence-corrected chi connectivity index (χ3v) is 5.24. The summed E-state index contributed by atoms with van der Waals surface area (Å²) < 4.78 is 1.14. The number of thiophene rings is 1. The summed E-state index contributed by atoms with van der Waals surface area (Å²) in [6.07, 6.45) is 0.878. The molecule has 2 aromatic heterocycles. The van der Waals surface area contributed by atoms with Crippen molar-refractivity contribution in [1.82, 2.24) is 4.98 Å². The fraction of sp³-hybridized carbons (Fsp3) is 0.417. The van der Waals surface area contributed by atoms with E-state index >= 15 is 0 Å². The number of hydrogen-bond acceptors (Lipinski definition) is 4. The van der Waals surface area contributed by atoms with Crippen LogP contribution in [0.5, 0.6) is 0 Å². The third-order valence-electron chi connectivity index (χ3n) is 2.29. The Bertz CT molecular complexity index is 523. The van der Waals surface area contributed by atoms with Crippen LogP contribution in [0.3, 0.4) is 0 Å². The minimum Gasteiger partial charge on any atom is -0.325 e. The van der Waals surface area contributed by atoms with Crippen LogP contribution in [0, 0.1) is 6.92 Å². The number of aromatic nitrogens is 1. The van der Waals surface area contributed by atoms with Crippen LogP contribution in [0.1, 0.15) is 24.4 Å². The molecule has 17 heavy (non-hydrogen) atoms. The van der Waals surface area contributed by atoms with Crippen LogP contribution < -0.4 is 5.73 Å². The summed E-state index contributed by atoms with van der Waals surface area (Å²) in [5.41, 5.74) is 6.99. The number of nitrogens with zero attached hydrogens (tertiary/aromatic N) is 1. The van der Waals surface area contributed by atoms with Gasteiger partial charge < -0.3 is 5.73 Å². The van der Waals surface area contributed by atoms with Crippen molar-refractivity contribution in [2.24, 2.45) is 5.73 Å². The van der Waals surface area contributed by atoms with Crippen LogP contribution in [0.25, 0.3) is 9.88 Å². The van der Waals surface area contributed by atoms with E-state index in [4.69, 9.17) is 5.73 Å². The maximum Gasteiger partial charge on any atom is 0.133 e. The number of rotatable bonds is 3. The van der Waals surface area contributed by atoms with E-state index in [2.05, 4.69) is 40.0 Å². The van der Waals surface area contributed by atoms with Crippen molar-refractivity contribution in [3.8, 4) is 9.88 Å². The molecule has 5 heteroatoms. The molecule has 2 N–H and O–H groups in total. The van der Waals surface area contributed by atoms with E-state index in [0.717, 1.165) is 20.9 Å². The second-order valence-electron chi connectivity index (χ2n) is 4.80. The normalized spacial score (nSPS) is 12.1. The predicted octanol–water partition coefficient (Wildman–Crippen LogP) is 4.22.